The molecule has 1 fully saturated rings. The SMILES string of the molecule is CCC(C)Oc1ccc(C=C2SC(=S)N(c3ccc(C)c(C)c3)C2=O)cc1. The molecule has 1 aliphatic heterocycles. The summed E-state index contributed by atoms with van der Waals surface area (Å²) < 4.78 is 6.36. The molecular formula is C22H23NO2S2. The minimum absolute atomic E-state index is 0.0758. The molecule has 1 aliphatic rings. The number of rotatable bonds is 5. The molecule has 2 aromatic rings. The highest BCUT2D eigenvalue weighted by molar-refractivity contribution is 8.27. The van der Waals surface area contributed by atoms with E-state index in [4.69, 9.17) is 17.0 Å². The lowest BCUT2D eigenvalue weighted by Crippen LogP contribution is -2.27. The van der Waals surface area contributed by atoms with Crippen molar-refractivity contribution in [2.24, 2.45) is 0 Å². The summed E-state index contributed by atoms with van der Waals surface area (Å²) in [6, 6.07) is 13.7. The summed E-state index contributed by atoms with van der Waals surface area (Å²) in [4.78, 5) is 15.1. The first-order chi connectivity index (χ1) is 12.9. The Balaban J connectivity index is 1.80. The normalized spacial score (nSPS) is 16.9. The number of hydrogen-bond acceptors (Lipinski definition) is 4. The van der Waals surface area contributed by atoms with Gasteiger partial charge in [-0.05, 0) is 74.2 Å². The van der Waals surface area contributed by atoms with Crippen LogP contribution in [0.2, 0.25) is 0 Å². The van der Waals surface area contributed by atoms with Gasteiger partial charge in [-0.15, -0.1) is 0 Å². The lowest BCUT2D eigenvalue weighted by Gasteiger charge is -2.16. The van der Waals surface area contributed by atoms with E-state index in [-0.39, 0.29) is 12.0 Å². The summed E-state index contributed by atoms with van der Waals surface area (Å²) in [6.45, 7) is 8.23. The van der Waals surface area contributed by atoms with Crippen molar-refractivity contribution >= 4 is 46.0 Å². The number of anilines is 1. The van der Waals surface area contributed by atoms with Crippen LogP contribution in [0.25, 0.3) is 6.08 Å². The molecule has 2 aromatic carbocycles. The minimum atomic E-state index is -0.0758. The predicted molar refractivity (Wildman–Crippen MR) is 118 cm³/mol. The van der Waals surface area contributed by atoms with Gasteiger partial charge in [0.25, 0.3) is 5.91 Å². The van der Waals surface area contributed by atoms with Crippen molar-refractivity contribution in [2.75, 3.05) is 4.90 Å². The van der Waals surface area contributed by atoms with Crippen molar-refractivity contribution in [2.45, 2.75) is 40.2 Å². The second-order valence-corrected chi connectivity index (χ2v) is 8.37. The van der Waals surface area contributed by atoms with Gasteiger partial charge < -0.3 is 4.74 Å². The minimum Gasteiger partial charge on any atom is -0.491 e. The summed E-state index contributed by atoms with van der Waals surface area (Å²) in [7, 11) is 0. The molecule has 140 valence electrons. The number of carbonyl (C=O) groups is 1. The van der Waals surface area contributed by atoms with Gasteiger partial charge in [0.1, 0.15) is 5.75 Å². The van der Waals surface area contributed by atoms with Gasteiger partial charge in [-0.25, -0.2) is 0 Å². The Morgan fingerprint density at radius 3 is 2.48 bits per heavy atom. The van der Waals surface area contributed by atoms with Crippen molar-refractivity contribution in [3.63, 3.8) is 0 Å². The number of amides is 1. The fourth-order valence-corrected chi connectivity index (χ4v) is 3.96. The molecule has 0 radical (unpaired) electrons. The van der Waals surface area contributed by atoms with E-state index in [2.05, 4.69) is 13.8 Å². The van der Waals surface area contributed by atoms with Gasteiger partial charge in [0.05, 0.1) is 16.7 Å². The second-order valence-electron chi connectivity index (χ2n) is 6.69. The summed E-state index contributed by atoms with van der Waals surface area (Å²) in [5, 5.41) is 0. The number of aryl methyl sites for hydroxylation is 2. The van der Waals surface area contributed by atoms with E-state index in [9.17, 15) is 4.79 Å². The molecule has 1 amide bonds. The number of hydrogen-bond donors (Lipinski definition) is 0. The molecule has 0 spiro atoms. The maximum absolute atomic E-state index is 12.9. The van der Waals surface area contributed by atoms with Gasteiger partial charge in [-0.2, -0.15) is 0 Å². The lowest BCUT2D eigenvalue weighted by molar-refractivity contribution is -0.113. The van der Waals surface area contributed by atoms with Crippen LogP contribution in [0.15, 0.2) is 47.4 Å². The summed E-state index contributed by atoms with van der Waals surface area (Å²) >= 11 is 6.80. The Hall–Kier alpha value is -2.11. The Labute approximate surface area is 170 Å². The van der Waals surface area contributed by atoms with Crippen molar-refractivity contribution < 1.29 is 9.53 Å². The molecule has 0 N–H and O–H groups in total. The largest absolute Gasteiger partial charge is 0.491 e. The van der Waals surface area contributed by atoms with E-state index in [1.165, 1.54) is 17.3 Å². The summed E-state index contributed by atoms with van der Waals surface area (Å²) in [6.07, 6.45) is 3.03. The molecule has 3 rings (SSSR count). The third-order valence-electron chi connectivity index (χ3n) is 4.63. The molecule has 0 bridgehead atoms. The zero-order valence-corrected chi connectivity index (χ0v) is 17.6. The molecule has 3 nitrogen and oxygen atoms in total. The van der Waals surface area contributed by atoms with Crippen LogP contribution in [0.5, 0.6) is 5.75 Å². The van der Waals surface area contributed by atoms with Crippen LogP contribution >= 0.6 is 24.0 Å². The fraction of sp³-hybridized carbons (Fsp3) is 0.273. The van der Waals surface area contributed by atoms with E-state index in [0.717, 1.165) is 29.0 Å². The number of nitrogens with zero attached hydrogens (tertiary/aromatic N) is 1. The van der Waals surface area contributed by atoms with Crippen molar-refractivity contribution in [3.8, 4) is 5.75 Å². The van der Waals surface area contributed by atoms with Gasteiger partial charge in [-0.3, -0.25) is 9.69 Å². The van der Waals surface area contributed by atoms with Crippen molar-refractivity contribution in [1.29, 1.82) is 0 Å². The van der Waals surface area contributed by atoms with Crippen LogP contribution < -0.4 is 9.64 Å². The smallest absolute Gasteiger partial charge is 0.270 e. The van der Waals surface area contributed by atoms with Crippen LogP contribution in [-0.2, 0) is 4.79 Å². The average molecular weight is 398 g/mol. The highest BCUT2D eigenvalue weighted by Crippen LogP contribution is 2.36. The summed E-state index contributed by atoms with van der Waals surface area (Å²) in [5.41, 5.74) is 4.11. The van der Waals surface area contributed by atoms with E-state index < -0.39 is 0 Å². The van der Waals surface area contributed by atoms with Crippen molar-refractivity contribution in [1.82, 2.24) is 0 Å². The third-order valence-corrected chi connectivity index (χ3v) is 5.93. The topological polar surface area (TPSA) is 29.5 Å². The van der Waals surface area contributed by atoms with Gasteiger partial charge >= 0.3 is 0 Å². The number of ether oxygens (including phenoxy) is 1. The monoisotopic (exact) mass is 397 g/mol. The van der Waals surface area contributed by atoms with E-state index >= 15 is 0 Å². The molecule has 0 saturated carbocycles. The number of thiocarbonyl (C=S) groups is 1. The fourth-order valence-electron chi connectivity index (χ4n) is 2.66. The molecule has 27 heavy (non-hydrogen) atoms. The van der Waals surface area contributed by atoms with Gasteiger partial charge in [0.15, 0.2) is 4.32 Å². The molecular weight excluding hydrogens is 374 g/mol. The summed E-state index contributed by atoms with van der Waals surface area (Å²) in [5.74, 6) is 0.761. The van der Waals surface area contributed by atoms with Crippen LogP contribution in [0.1, 0.15) is 37.0 Å². The number of thioether (sulfide) groups is 1. The molecule has 0 aliphatic carbocycles. The molecule has 1 unspecified atom stereocenters. The van der Waals surface area contributed by atoms with Crippen LogP contribution in [0.3, 0.4) is 0 Å². The number of carbonyl (C=O) groups excluding carboxylic acids is 1. The molecule has 1 saturated heterocycles. The Morgan fingerprint density at radius 1 is 1.15 bits per heavy atom. The van der Waals surface area contributed by atoms with E-state index in [1.807, 2.05) is 62.4 Å². The maximum Gasteiger partial charge on any atom is 0.270 e. The zero-order chi connectivity index (χ0) is 19.6. The first kappa shape index (κ1) is 19.6. The van der Waals surface area contributed by atoms with Crippen LogP contribution in [-0.4, -0.2) is 16.3 Å². The maximum atomic E-state index is 12.9. The first-order valence-corrected chi connectivity index (χ1v) is 10.2. The van der Waals surface area contributed by atoms with Crippen LogP contribution in [0.4, 0.5) is 5.69 Å². The number of benzene rings is 2. The highest BCUT2D eigenvalue weighted by Gasteiger charge is 2.33. The third kappa shape index (κ3) is 4.42. The first-order valence-electron chi connectivity index (χ1n) is 9.01. The second kappa shape index (κ2) is 8.28. The zero-order valence-electron chi connectivity index (χ0n) is 16.0. The molecule has 1 heterocycles. The Bertz CT molecular complexity index is 903. The Kier molecular flexibility index (Phi) is 6.02. The lowest BCUT2D eigenvalue weighted by atomic mass is 10.1. The van der Waals surface area contributed by atoms with Gasteiger partial charge in [-0.1, -0.05) is 49.1 Å². The Morgan fingerprint density at radius 2 is 1.85 bits per heavy atom. The van der Waals surface area contributed by atoms with E-state index in [1.54, 1.807) is 4.90 Å². The highest BCUT2D eigenvalue weighted by atomic mass is 32.2. The molecule has 5 heteroatoms. The standard InChI is InChI=1S/C22H23NO2S2/c1-5-16(4)25-19-10-7-17(8-11-19)13-20-21(24)23(22(26)27-20)18-9-6-14(2)15(3)12-18/h6-13,16H,5H2,1-4H3. The molecule has 1 atom stereocenters. The predicted octanol–water partition coefficient (Wildman–Crippen LogP) is 5.89. The van der Waals surface area contributed by atoms with Crippen LogP contribution in [0, 0.1) is 13.8 Å². The van der Waals surface area contributed by atoms with Crippen molar-refractivity contribution in [3.05, 3.63) is 64.1 Å². The average Bonchev–Trinajstić information content (AvgIpc) is 2.92. The molecule has 0 aromatic heterocycles. The van der Waals surface area contributed by atoms with E-state index in [0.29, 0.717) is 9.23 Å². The van der Waals surface area contributed by atoms with Gasteiger partial charge in [0, 0.05) is 0 Å². The van der Waals surface area contributed by atoms with Gasteiger partial charge in [0.2, 0.25) is 0 Å². The quantitative estimate of drug-likeness (QED) is 0.465.